The summed E-state index contributed by atoms with van der Waals surface area (Å²) in [5.41, 5.74) is 1.20. The predicted octanol–water partition coefficient (Wildman–Crippen LogP) is 4.72. The van der Waals surface area contributed by atoms with Crippen molar-refractivity contribution in [3.63, 3.8) is 0 Å². The van der Waals surface area contributed by atoms with Crippen LogP contribution in [0, 0.1) is 0 Å². The third-order valence-corrected chi connectivity index (χ3v) is 4.96. The van der Waals surface area contributed by atoms with E-state index in [0.717, 1.165) is 14.0 Å². The van der Waals surface area contributed by atoms with Crippen molar-refractivity contribution in [3.8, 4) is 0 Å². The average Bonchev–Trinajstić information content (AvgIpc) is 3.10. The van der Waals surface area contributed by atoms with Crippen LogP contribution in [-0.4, -0.2) is 12.6 Å². The minimum Gasteiger partial charge on any atom is -0.462 e. The summed E-state index contributed by atoms with van der Waals surface area (Å²) in [4.78, 5) is 12.8. The van der Waals surface area contributed by atoms with E-state index in [1.807, 2.05) is 19.1 Å². The topological polar surface area (TPSA) is 26.3 Å². The first kappa shape index (κ1) is 12.2. The van der Waals surface area contributed by atoms with Crippen molar-refractivity contribution in [2.75, 3.05) is 6.61 Å². The van der Waals surface area contributed by atoms with Crippen LogP contribution >= 0.6 is 27.3 Å². The number of carbonyl (C=O) groups excluding carboxylic acids is 1. The minimum absolute atomic E-state index is 0.174. The number of hydrogen-bond acceptors (Lipinski definition) is 3. The normalized spacial score (nSPS) is 15.0. The SMILES string of the molecule is CCOC(=O)c1sc2cccc(Br)c2c1C1CC1. The maximum Gasteiger partial charge on any atom is 0.348 e. The molecule has 2 aromatic rings. The number of ether oxygens (including phenoxy) is 1. The lowest BCUT2D eigenvalue weighted by atomic mass is 10.1. The molecule has 0 spiro atoms. The van der Waals surface area contributed by atoms with Crippen LogP contribution in [0.15, 0.2) is 22.7 Å². The first-order chi connectivity index (χ1) is 8.72. The minimum atomic E-state index is -0.174. The third-order valence-electron chi connectivity index (χ3n) is 3.15. The molecule has 0 atom stereocenters. The molecule has 0 bridgehead atoms. The number of fused-ring (bicyclic) bond motifs is 1. The first-order valence-electron chi connectivity index (χ1n) is 6.10. The number of hydrogen-bond donors (Lipinski definition) is 0. The van der Waals surface area contributed by atoms with E-state index in [1.54, 1.807) is 11.3 Å². The van der Waals surface area contributed by atoms with Crippen molar-refractivity contribution >= 4 is 43.3 Å². The highest BCUT2D eigenvalue weighted by Crippen LogP contribution is 2.49. The molecular formula is C14H13BrO2S. The standard InChI is InChI=1S/C14H13BrO2S/c1-2-17-14(16)13-11(8-6-7-8)12-9(15)4-3-5-10(12)18-13/h3-5,8H,2,6-7H2,1H3. The Morgan fingerprint density at radius 3 is 2.94 bits per heavy atom. The van der Waals surface area contributed by atoms with Gasteiger partial charge in [-0.25, -0.2) is 4.79 Å². The molecule has 1 fully saturated rings. The molecule has 2 nitrogen and oxygen atoms in total. The summed E-state index contributed by atoms with van der Waals surface area (Å²) in [5, 5.41) is 1.20. The average molecular weight is 325 g/mol. The van der Waals surface area contributed by atoms with E-state index in [9.17, 15) is 4.79 Å². The molecule has 1 saturated carbocycles. The zero-order valence-electron chi connectivity index (χ0n) is 10.0. The van der Waals surface area contributed by atoms with E-state index in [0.29, 0.717) is 12.5 Å². The highest BCUT2D eigenvalue weighted by molar-refractivity contribution is 9.10. The molecule has 4 heteroatoms. The van der Waals surface area contributed by atoms with Gasteiger partial charge in [0.2, 0.25) is 0 Å². The largest absolute Gasteiger partial charge is 0.462 e. The van der Waals surface area contributed by atoms with Crippen LogP contribution in [0.1, 0.15) is 40.9 Å². The summed E-state index contributed by atoms with van der Waals surface area (Å²) in [5.74, 6) is 0.365. The van der Waals surface area contributed by atoms with Crippen LogP contribution < -0.4 is 0 Å². The van der Waals surface area contributed by atoms with Crippen molar-refractivity contribution in [2.24, 2.45) is 0 Å². The molecule has 94 valence electrons. The van der Waals surface area contributed by atoms with Gasteiger partial charge in [-0.2, -0.15) is 0 Å². The Kier molecular flexibility index (Phi) is 3.16. The second-order valence-corrected chi connectivity index (χ2v) is 6.36. The highest BCUT2D eigenvalue weighted by atomic mass is 79.9. The summed E-state index contributed by atoms with van der Waals surface area (Å²) in [6, 6.07) is 6.11. The maximum atomic E-state index is 12.1. The van der Waals surface area contributed by atoms with Crippen LogP contribution in [-0.2, 0) is 4.74 Å². The van der Waals surface area contributed by atoms with Gasteiger partial charge in [0.1, 0.15) is 4.88 Å². The van der Waals surface area contributed by atoms with Crippen LogP contribution in [0.25, 0.3) is 10.1 Å². The molecule has 0 N–H and O–H groups in total. The molecular weight excluding hydrogens is 312 g/mol. The molecule has 18 heavy (non-hydrogen) atoms. The lowest BCUT2D eigenvalue weighted by Crippen LogP contribution is -2.04. The maximum absolute atomic E-state index is 12.1. The molecule has 0 aliphatic heterocycles. The van der Waals surface area contributed by atoms with E-state index >= 15 is 0 Å². The number of thiophene rings is 1. The summed E-state index contributed by atoms with van der Waals surface area (Å²) < 4.78 is 7.41. The lowest BCUT2D eigenvalue weighted by molar-refractivity contribution is 0.0531. The molecule has 3 rings (SSSR count). The van der Waals surface area contributed by atoms with E-state index < -0.39 is 0 Å². The molecule has 1 aromatic carbocycles. The van der Waals surface area contributed by atoms with Gasteiger partial charge in [0.05, 0.1) is 6.61 Å². The van der Waals surface area contributed by atoms with Gasteiger partial charge in [-0.05, 0) is 43.4 Å². The number of halogens is 1. The molecule has 1 aliphatic carbocycles. The lowest BCUT2D eigenvalue weighted by Gasteiger charge is -2.03. The Balaban J connectivity index is 2.21. The van der Waals surface area contributed by atoms with Gasteiger partial charge >= 0.3 is 5.97 Å². The Morgan fingerprint density at radius 2 is 2.28 bits per heavy atom. The van der Waals surface area contributed by atoms with Crippen molar-refractivity contribution in [3.05, 3.63) is 33.1 Å². The molecule has 0 amide bonds. The number of benzene rings is 1. The number of carbonyl (C=O) groups is 1. The van der Waals surface area contributed by atoms with Crippen molar-refractivity contribution < 1.29 is 9.53 Å². The fraction of sp³-hybridized carbons (Fsp3) is 0.357. The fourth-order valence-electron chi connectivity index (χ4n) is 2.24. The van der Waals surface area contributed by atoms with Crippen molar-refractivity contribution in [1.82, 2.24) is 0 Å². The smallest absolute Gasteiger partial charge is 0.348 e. The highest BCUT2D eigenvalue weighted by Gasteiger charge is 2.33. The molecule has 0 saturated heterocycles. The van der Waals surface area contributed by atoms with Crippen LogP contribution in [0.5, 0.6) is 0 Å². The predicted molar refractivity (Wildman–Crippen MR) is 77.5 cm³/mol. The molecule has 1 aromatic heterocycles. The van der Waals surface area contributed by atoms with Crippen LogP contribution in [0.3, 0.4) is 0 Å². The summed E-state index contributed by atoms with van der Waals surface area (Å²) in [6.45, 7) is 2.27. The number of rotatable bonds is 3. The summed E-state index contributed by atoms with van der Waals surface area (Å²) in [7, 11) is 0. The molecule has 0 radical (unpaired) electrons. The number of esters is 1. The van der Waals surface area contributed by atoms with E-state index in [4.69, 9.17) is 4.74 Å². The zero-order chi connectivity index (χ0) is 12.7. The van der Waals surface area contributed by atoms with Crippen LogP contribution in [0.4, 0.5) is 0 Å². The van der Waals surface area contributed by atoms with E-state index in [2.05, 4.69) is 22.0 Å². The van der Waals surface area contributed by atoms with Gasteiger partial charge in [-0.15, -0.1) is 11.3 Å². The van der Waals surface area contributed by atoms with Gasteiger partial charge in [-0.3, -0.25) is 0 Å². The summed E-state index contributed by atoms with van der Waals surface area (Å²) in [6.07, 6.45) is 2.36. The van der Waals surface area contributed by atoms with Crippen molar-refractivity contribution in [1.29, 1.82) is 0 Å². The van der Waals surface area contributed by atoms with Gasteiger partial charge in [0, 0.05) is 14.6 Å². The van der Waals surface area contributed by atoms with E-state index in [1.165, 1.54) is 23.8 Å². The Bertz CT molecular complexity index is 614. The van der Waals surface area contributed by atoms with Gasteiger partial charge in [0.15, 0.2) is 0 Å². The van der Waals surface area contributed by atoms with Gasteiger partial charge in [-0.1, -0.05) is 22.0 Å². The second kappa shape index (κ2) is 4.67. The zero-order valence-corrected chi connectivity index (χ0v) is 12.4. The van der Waals surface area contributed by atoms with Crippen molar-refractivity contribution in [2.45, 2.75) is 25.7 Å². The third kappa shape index (κ3) is 1.97. The Hall–Kier alpha value is -0.870. The molecule has 0 unspecified atom stereocenters. The van der Waals surface area contributed by atoms with E-state index in [-0.39, 0.29) is 5.97 Å². The Labute approximate surface area is 118 Å². The monoisotopic (exact) mass is 324 g/mol. The summed E-state index contributed by atoms with van der Waals surface area (Å²) >= 11 is 5.15. The molecule has 1 aliphatic rings. The quantitative estimate of drug-likeness (QED) is 0.764. The fourth-order valence-corrected chi connectivity index (χ4v) is 4.16. The molecule has 1 heterocycles. The van der Waals surface area contributed by atoms with Gasteiger partial charge < -0.3 is 4.74 Å². The van der Waals surface area contributed by atoms with Gasteiger partial charge in [0.25, 0.3) is 0 Å². The van der Waals surface area contributed by atoms with Crippen LogP contribution in [0.2, 0.25) is 0 Å². The second-order valence-electron chi connectivity index (χ2n) is 4.45. The first-order valence-corrected chi connectivity index (χ1v) is 7.71. The Morgan fingerprint density at radius 1 is 1.50 bits per heavy atom.